The monoisotopic (exact) mass is 854 g/mol. The first-order valence-corrected chi connectivity index (χ1v) is 25.3. The molecule has 0 atom stereocenters. The number of carbonyl (C=O) groups is 2. The predicted octanol–water partition coefficient (Wildman–Crippen LogP) is 14.9. The second-order valence-electron chi connectivity index (χ2n) is 18.3. The largest absolute Gasteiger partial charge is 0.340 e. The molecular formula is C56H79N5O2. The summed E-state index contributed by atoms with van der Waals surface area (Å²) in [5.41, 5.74) is 10.7. The summed E-state index contributed by atoms with van der Waals surface area (Å²) in [5.74, 6) is 0. The number of hydrogen-bond acceptors (Lipinski definition) is 2. The first kappa shape index (κ1) is 47.7. The fourth-order valence-corrected chi connectivity index (χ4v) is 9.59. The Morgan fingerprint density at radius 2 is 0.667 bits per heavy atom. The van der Waals surface area contributed by atoms with Crippen molar-refractivity contribution in [3.05, 3.63) is 95.1 Å². The first-order valence-electron chi connectivity index (χ1n) is 25.3. The topological polar surface area (TPSA) is 80.1 Å². The molecule has 0 aliphatic rings. The Balaban J connectivity index is 1.01. The Labute approximate surface area is 379 Å². The minimum Gasteiger partial charge on any atom is -0.340 e. The van der Waals surface area contributed by atoms with Crippen LogP contribution in [0.1, 0.15) is 166 Å². The molecule has 3 N–H and O–H groups in total. The fourth-order valence-electron chi connectivity index (χ4n) is 9.59. The van der Waals surface area contributed by atoms with Gasteiger partial charge in [-0.05, 0) is 135 Å². The maximum atomic E-state index is 12.8. The van der Waals surface area contributed by atoms with Crippen LogP contribution in [-0.2, 0) is 38.8 Å². The number of rotatable bonds is 28. The normalized spacial score (nSPS) is 11.7. The molecule has 6 rings (SSSR count). The van der Waals surface area contributed by atoms with Gasteiger partial charge in [-0.2, -0.15) is 0 Å². The van der Waals surface area contributed by atoms with Crippen LogP contribution in [-0.4, -0.2) is 34.3 Å². The summed E-state index contributed by atoms with van der Waals surface area (Å²) in [5, 5.41) is 13.7. The van der Waals surface area contributed by atoms with Crippen molar-refractivity contribution in [1.82, 2.24) is 25.1 Å². The molecule has 7 nitrogen and oxygen atoms in total. The van der Waals surface area contributed by atoms with Crippen LogP contribution in [0.25, 0.3) is 43.6 Å². The van der Waals surface area contributed by atoms with Crippen LogP contribution in [0.4, 0.5) is 9.59 Å². The van der Waals surface area contributed by atoms with E-state index < -0.39 is 12.1 Å². The molecule has 7 heteroatoms. The summed E-state index contributed by atoms with van der Waals surface area (Å²) < 4.78 is 4.83. The Hall–Kier alpha value is -4.78. The van der Waals surface area contributed by atoms with Gasteiger partial charge in [0.05, 0.1) is 0 Å². The van der Waals surface area contributed by atoms with E-state index in [-0.39, 0.29) is 0 Å². The van der Waals surface area contributed by atoms with Crippen LogP contribution < -0.4 is 16.0 Å². The zero-order valence-corrected chi connectivity index (χ0v) is 39.5. The number of imide groups is 1. The Morgan fingerprint density at radius 3 is 0.937 bits per heavy atom. The van der Waals surface area contributed by atoms with E-state index in [0.717, 1.165) is 51.6 Å². The summed E-state index contributed by atoms with van der Waals surface area (Å²) in [6.07, 6.45) is 26.2. The van der Waals surface area contributed by atoms with Crippen molar-refractivity contribution >= 4 is 55.7 Å². The zero-order valence-electron chi connectivity index (χ0n) is 39.5. The van der Waals surface area contributed by atoms with Crippen molar-refractivity contribution in [2.45, 2.75) is 182 Å². The van der Waals surface area contributed by atoms with Gasteiger partial charge in [0.15, 0.2) is 0 Å². The summed E-state index contributed by atoms with van der Waals surface area (Å²) >= 11 is 0. The molecule has 0 spiro atoms. The molecule has 340 valence electrons. The first-order chi connectivity index (χ1) is 30.9. The van der Waals surface area contributed by atoms with Gasteiger partial charge in [0.25, 0.3) is 0 Å². The predicted molar refractivity (Wildman–Crippen MR) is 269 cm³/mol. The molecule has 0 bridgehead atoms. The van der Waals surface area contributed by atoms with Crippen LogP contribution in [0.2, 0.25) is 0 Å². The third-order valence-electron chi connectivity index (χ3n) is 13.2. The minimum absolute atomic E-state index is 0.464. The third-order valence-corrected chi connectivity index (χ3v) is 13.2. The molecule has 0 aliphatic carbocycles. The highest BCUT2D eigenvalue weighted by Gasteiger charge is 2.15. The number of amides is 4. The van der Waals surface area contributed by atoms with Gasteiger partial charge in [-0.25, -0.2) is 9.59 Å². The molecule has 0 saturated heterocycles. The molecule has 0 saturated carbocycles. The highest BCUT2D eigenvalue weighted by atomic mass is 16.2. The van der Waals surface area contributed by atoms with E-state index in [2.05, 4.69) is 126 Å². The van der Waals surface area contributed by atoms with E-state index in [4.69, 9.17) is 0 Å². The van der Waals surface area contributed by atoms with Crippen LogP contribution >= 0.6 is 0 Å². The number of aromatic nitrogens is 2. The standard InChI is InChI=1S/C56H79N5O2/c1-5-9-13-17-23-43-27-31-51-47(39-43)48-40-44(24-18-14-10-6-2)28-32-52(48)60(51)37-21-35-57-55(62)59-56(63)58-36-22-38-61-53-33-29-45(25-19-15-11-7-3)41-49(53)50-42-46(30-34-54(50)61)26-20-16-12-8-4/h27-34,39-42H,5-26,35-38H2,1-4H3,(H3,57,58,59,62,63). The molecule has 0 fully saturated rings. The van der Waals surface area contributed by atoms with Crippen LogP contribution in [0.5, 0.6) is 0 Å². The number of nitrogens with one attached hydrogen (secondary N) is 3. The third kappa shape index (κ3) is 13.6. The Kier molecular flexibility index (Phi) is 19.3. The van der Waals surface area contributed by atoms with Crippen molar-refractivity contribution in [2.24, 2.45) is 0 Å². The summed E-state index contributed by atoms with van der Waals surface area (Å²) in [4.78, 5) is 25.7. The van der Waals surface area contributed by atoms with Gasteiger partial charge in [0.1, 0.15) is 0 Å². The minimum atomic E-state index is -0.464. The molecule has 0 radical (unpaired) electrons. The molecule has 0 aliphatic heterocycles. The van der Waals surface area contributed by atoms with E-state index in [9.17, 15) is 9.59 Å². The lowest BCUT2D eigenvalue weighted by atomic mass is 10.0. The van der Waals surface area contributed by atoms with E-state index in [1.165, 1.54) is 169 Å². The number of aryl methyl sites for hydroxylation is 6. The van der Waals surface area contributed by atoms with Crippen LogP contribution in [0.15, 0.2) is 72.8 Å². The smallest absolute Gasteiger partial charge is 0.322 e. The van der Waals surface area contributed by atoms with Crippen molar-refractivity contribution in [3.63, 3.8) is 0 Å². The number of unbranched alkanes of at least 4 members (excludes halogenated alkanes) is 12. The van der Waals surface area contributed by atoms with Gasteiger partial charge in [0.2, 0.25) is 0 Å². The maximum absolute atomic E-state index is 12.8. The average molecular weight is 854 g/mol. The van der Waals surface area contributed by atoms with Crippen LogP contribution in [0, 0.1) is 0 Å². The SMILES string of the molecule is CCCCCCc1ccc2c(c1)c1cc(CCCCCC)ccc1n2CCCNC(=O)NC(=O)NCCCn1c2ccc(CCCCCC)cc2c2cc(CCCCCC)ccc21. The molecule has 6 aromatic rings. The lowest BCUT2D eigenvalue weighted by Crippen LogP contribution is -2.45. The molecule has 2 aromatic heterocycles. The number of hydrogen-bond donors (Lipinski definition) is 3. The van der Waals surface area contributed by atoms with Crippen molar-refractivity contribution in [2.75, 3.05) is 13.1 Å². The fraction of sp³-hybridized carbons (Fsp3) is 0.536. The van der Waals surface area contributed by atoms with Crippen molar-refractivity contribution in [3.8, 4) is 0 Å². The second kappa shape index (κ2) is 25.5. The second-order valence-corrected chi connectivity index (χ2v) is 18.3. The summed E-state index contributed by atoms with van der Waals surface area (Å²) in [6.45, 7) is 11.6. The Bertz CT molecular complexity index is 2050. The molecule has 2 heterocycles. The highest BCUT2D eigenvalue weighted by Crippen LogP contribution is 2.33. The molecular weight excluding hydrogens is 775 g/mol. The highest BCUT2D eigenvalue weighted by molar-refractivity contribution is 6.09. The van der Waals surface area contributed by atoms with Crippen LogP contribution in [0.3, 0.4) is 0 Å². The molecule has 63 heavy (non-hydrogen) atoms. The van der Waals surface area contributed by atoms with E-state index in [0.29, 0.717) is 13.1 Å². The zero-order chi connectivity index (χ0) is 44.2. The van der Waals surface area contributed by atoms with Gasteiger partial charge < -0.3 is 19.8 Å². The average Bonchev–Trinajstić information content (AvgIpc) is 3.77. The van der Waals surface area contributed by atoms with Gasteiger partial charge >= 0.3 is 12.1 Å². The number of urea groups is 2. The molecule has 4 amide bonds. The summed E-state index contributed by atoms with van der Waals surface area (Å²) in [7, 11) is 0. The lowest BCUT2D eigenvalue weighted by Gasteiger charge is -2.11. The lowest BCUT2D eigenvalue weighted by molar-refractivity contribution is 0.227. The molecule has 4 aromatic carbocycles. The van der Waals surface area contributed by atoms with E-state index >= 15 is 0 Å². The van der Waals surface area contributed by atoms with Gasteiger partial charge in [0, 0.05) is 69.8 Å². The van der Waals surface area contributed by atoms with Gasteiger partial charge in [-0.15, -0.1) is 0 Å². The van der Waals surface area contributed by atoms with E-state index in [1.54, 1.807) is 0 Å². The number of nitrogens with zero attached hydrogens (tertiary/aromatic N) is 2. The maximum Gasteiger partial charge on any atom is 0.322 e. The van der Waals surface area contributed by atoms with Gasteiger partial charge in [-0.3, -0.25) is 5.32 Å². The number of fused-ring (bicyclic) bond motifs is 6. The number of benzene rings is 4. The molecule has 0 unspecified atom stereocenters. The number of carbonyl (C=O) groups excluding carboxylic acids is 2. The summed E-state index contributed by atoms with van der Waals surface area (Å²) in [6, 6.07) is 27.2. The van der Waals surface area contributed by atoms with Gasteiger partial charge in [-0.1, -0.05) is 129 Å². The Morgan fingerprint density at radius 1 is 0.381 bits per heavy atom. The van der Waals surface area contributed by atoms with Crippen molar-refractivity contribution in [1.29, 1.82) is 0 Å². The van der Waals surface area contributed by atoms with Crippen molar-refractivity contribution < 1.29 is 9.59 Å². The van der Waals surface area contributed by atoms with E-state index in [1.807, 2.05) is 0 Å². The quantitative estimate of drug-likeness (QED) is 0.0430.